The highest BCUT2D eigenvalue weighted by Gasteiger charge is 2.27. The molecule has 3 rings (SSSR count). The van der Waals surface area contributed by atoms with Crippen molar-refractivity contribution in [3.05, 3.63) is 58.1 Å². The number of nitrogens with zero attached hydrogens (tertiary/aromatic N) is 1. The van der Waals surface area contributed by atoms with Crippen LogP contribution in [0.15, 0.2) is 47.4 Å². The number of carbonyl (C=O) groups excluding carboxylic acids is 2. The number of halogens is 2. The Morgan fingerprint density at radius 2 is 1.74 bits per heavy atom. The summed E-state index contributed by atoms with van der Waals surface area (Å²) in [6.45, 7) is 2.63. The lowest BCUT2D eigenvalue weighted by Gasteiger charge is -2.26. The van der Waals surface area contributed by atoms with Crippen molar-refractivity contribution in [1.29, 1.82) is 0 Å². The van der Waals surface area contributed by atoms with Crippen molar-refractivity contribution >= 4 is 50.8 Å². The summed E-state index contributed by atoms with van der Waals surface area (Å²) in [5, 5.41) is 3.22. The lowest BCUT2D eigenvalue weighted by atomic mass is 10.2. The summed E-state index contributed by atoms with van der Waals surface area (Å²) in [6.07, 6.45) is -1.13. The van der Waals surface area contributed by atoms with Gasteiger partial charge in [0.2, 0.25) is 10.0 Å². The number of esters is 1. The normalized spacial score (nSPS) is 15.8. The predicted molar refractivity (Wildman–Crippen MR) is 116 cm³/mol. The monoisotopic (exact) mass is 486 g/mol. The van der Waals surface area contributed by atoms with E-state index in [0.29, 0.717) is 23.9 Å². The maximum atomic E-state index is 12.6. The second kappa shape index (κ2) is 9.97. The molecule has 1 aliphatic rings. The van der Waals surface area contributed by atoms with Crippen molar-refractivity contribution in [1.82, 2.24) is 4.31 Å². The zero-order valence-electron chi connectivity index (χ0n) is 16.5. The third-order valence-corrected chi connectivity index (χ3v) is 7.01. The summed E-state index contributed by atoms with van der Waals surface area (Å²) < 4.78 is 37.0. The molecule has 2 aromatic carbocycles. The number of hydrogen-bond acceptors (Lipinski definition) is 6. The first kappa shape index (κ1) is 23.5. The van der Waals surface area contributed by atoms with Gasteiger partial charge in [-0.15, -0.1) is 0 Å². The van der Waals surface area contributed by atoms with Crippen LogP contribution in [-0.2, 0) is 24.3 Å². The first-order chi connectivity index (χ1) is 14.7. The fourth-order valence-corrected chi connectivity index (χ4v) is 4.55. The number of benzene rings is 2. The number of sulfonamides is 1. The minimum absolute atomic E-state index is 0.0624. The van der Waals surface area contributed by atoms with E-state index in [1.807, 2.05) is 0 Å². The van der Waals surface area contributed by atoms with E-state index in [1.54, 1.807) is 6.07 Å². The van der Waals surface area contributed by atoms with E-state index in [1.165, 1.54) is 47.6 Å². The van der Waals surface area contributed by atoms with E-state index in [4.69, 9.17) is 32.7 Å². The smallest absolute Gasteiger partial charge is 0.338 e. The lowest BCUT2D eigenvalue weighted by molar-refractivity contribution is -0.123. The largest absolute Gasteiger partial charge is 0.449 e. The Morgan fingerprint density at radius 3 is 2.39 bits per heavy atom. The molecule has 1 saturated heterocycles. The third kappa shape index (κ3) is 5.75. The average molecular weight is 487 g/mol. The highest BCUT2D eigenvalue weighted by Crippen LogP contribution is 2.25. The highest BCUT2D eigenvalue weighted by atomic mass is 35.5. The lowest BCUT2D eigenvalue weighted by Crippen LogP contribution is -2.40. The first-order valence-corrected chi connectivity index (χ1v) is 11.5. The molecular weight excluding hydrogens is 467 g/mol. The van der Waals surface area contributed by atoms with Gasteiger partial charge in [-0.25, -0.2) is 13.2 Å². The van der Waals surface area contributed by atoms with Gasteiger partial charge in [0.05, 0.1) is 34.4 Å². The molecule has 1 amide bonds. The van der Waals surface area contributed by atoms with Crippen LogP contribution in [0.3, 0.4) is 0 Å². The minimum atomic E-state index is -3.67. The van der Waals surface area contributed by atoms with Crippen LogP contribution in [-0.4, -0.2) is 57.0 Å². The van der Waals surface area contributed by atoms with Crippen LogP contribution in [0.2, 0.25) is 10.0 Å². The molecule has 0 unspecified atom stereocenters. The van der Waals surface area contributed by atoms with Gasteiger partial charge in [0.25, 0.3) is 5.91 Å². The van der Waals surface area contributed by atoms with Gasteiger partial charge in [0, 0.05) is 18.1 Å². The molecule has 0 spiro atoms. The zero-order valence-corrected chi connectivity index (χ0v) is 18.8. The van der Waals surface area contributed by atoms with Crippen molar-refractivity contribution < 1.29 is 27.5 Å². The Labute approximate surface area is 190 Å². The van der Waals surface area contributed by atoms with E-state index in [0.717, 1.165) is 0 Å². The van der Waals surface area contributed by atoms with Gasteiger partial charge in [0.15, 0.2) is 6.10 Å². The molecular formula is C20H20Cl2N2O6S. The maximum absolute atomic E-state index is 12.6. The van der Waals surface area contributed by atoms with Crippen molar-refractivity contribution in [2.45, 2.75) is 17.9 Å². The molecule has 1 atom stereocenters. The van der Waals surface area contributed by atoms with Crippen LogP contribution < -0.4 is 5.32 Å². The topological polar surface area (TPSA) is 102 Å². The van der Waals surface area contributed by atoms with E-state index in [9.17, 15) is 18.0 Å². The molecule has 0 aliphatic carbocycles. The summed E-state index contributed by atoms with van der Waals surface area (Å²) in [7, 11) is -3.67. The Balaban J connectivity index is 1.63. The van der Waals surface area contributed by atoms with Crippen molar-refractivity contribution in [3.63, 3.8) is 0 Å². The van der Waals surface area contributed by atoms with Gasteiger partial charge < -0.3 is 14.8 Å². The molecule has 0 radical (unpaired) electrons. The molecule has 0 saturated carbocycles. The molecule has 8 nitrogen and oxygen atoms in total. The molecule has 0 bridgehead atoms. The second-order valence-electron chi connectivity index (χ2n) is 6.70. The summed E-state index contributed by atoms with van der Waals surface area (Å²) in [6, 6.07) is 9.93. The second-order valence-corrected chi connectivity index (χ2v) is 9.48. The molecule has 1 heterocycles. The quantitative estimate of drug-likeness (QED) is 0.628. The Hall–Kier alpha value is -2.17. The summed E-state index contributed by atoms with van der Waals surface area (Å²) in [5.41, 5.74) is 0.404. The number of hydrogen-bond donors (Lipinski definition) is 1. The van der Waals surface area contributed by atoms with Crippen LogP contribution in [0.25, 0.3) is 0 Å². The number of ether oxygens (including phenoxy) is 2. The van der Waals surface area contributed by atoms with Crippen LogP contribution in [0, 0.1) is 0 Å². The van der Waals surface area contributed by atoms with Gasteiger partial charge in [-0.05, 0) is 49.4 Å². The molecule has 2 aromatic rings. The molecule has 31 heavy (non-hydrogen) atoms. The predicted octanol–water partition coefficient (Wildman–Crippen LogP) is 3.20. The third-order valence-electron chi connectivity index (χ3n) is 4.54. The molecule has 1 aliphatic heterocycles. The fraction of sp³-hybridized carbons (Fsp3) is 0.300. The number of anilines is 1. The van der Waals surface area contributed by atoms with Crippen LogP contribution in [0.1, 0.15) is 17.3 Å². The number of rotatable bonds is 6. The van der Waals surface area contributed by atoms with Gasteiger partial charge in [-0.3, -0.25) is 4.79 Å². The first-order valence-electron chi connectivity index (χ1n) is 9.33. The fourth-order valence-electron chi connectivity index (χ4n) is 2.81. The standard InChI is InChI=1S/C20H20Cl2N2O6S/c1-13(19(25)23-18-12-15(21)4-7-17(18)22)30-20(26)14-2-5-16(6-3-14)31(27,28)24-8-10-29-11-9-24/h2-7,12-13H,8-11H2,1H3,(H,23,25)/t13-/m0/s1. The minimum Gasteiger partial charge on any atom is -0.449 e. The van der Waals surface area contributed by atoms with Crippen LogP contribution >= 0.6 is 23.2 Å². The van der Waals surface area contributed by atoms with Gasteiger partial charge >= 0.3 is 5.97 Å². The van der Waals surface area contributed by atoms with E-state index >= 15 is 0 Å². The molecule has 11 heteroatoms. The summed E-state index contributed by atoms with van der Waals surface area (Å²) in [4.78, 5) is 24.8. The molecule has 1 fully saturated rings. The Kier molecular flexibility index (Phi) is 7.55. The molecule has 0 aromatic heterocycles. The Bertz CT molecular complexity index is 1070. The highest BCUT2D eigenvalue weighted by molar-refractivity contribution is 7.89. The number of morpholine rings is 1. The summed E-state index contributed by atoms with van der Waals surface area (Å²) >= 11 is 11.9. The Morgan fingerprint density at radius 1 is 1.10 bits per heavy atom. The summed E-state index contributed by atoms with van der Waals surface area (Å²) in [5.74, 6) is -1.36. The van der Waals surface area contributed by atoms with Crippen LogP contribution in [0.5, 0.6) is 0 Å². The SMILES string of the molecule is C[C@H](OC(=O)c1ccc(S(=O)(=O)N2CCOCC2)cc1)C(=O)Nc1cc(Cl)ccc1Cl. The van der Waals surface area contributed by atoms with Crippen molar-refractivity contribution in [2.24, 2.45) is 0 Å². The molecule has 1 N–H and O–H groups in total. The average Bonchev–Trinajstić information content (AvgIpc) is 2.76. The molecule has 166 valence electrons. The van der Waals surface area contributed by atoms with Gasteiger partial charge in [-0.2, -0.15) is 4.31 Å². The zero-order chi connectivity index (χ0) is 22.6. The van der Waals surface area contributed by atoms with Gasteiger partial charge in [0.1, 0.15) is 0 Å². The maximum Gasteiger partial charge on any atom is 0.338 e. The van der Waals surface area contributed by atoms with Gasteiger partial charge in [-0.1, -0.05) is 23.2 Å². The van der Waals surface area contributed by atoms with E-state index in [2.05, 4.69) is 5.32 Å². The number of carbonyl (C=O) groups is 2. The van der Waals surface area contributed by atoms with Crippen molar-refractivity contribution in [2.75, 3.05) is 31.6 Å². The van der Waals surface area contributed by atoms with E-state index in [-0.39, 0.29) is 28.6 Å². The number of amides is 1. The number of nitrogens with one attached hydrogen (secondary N) is 1. The van der Waals surface area contributed by atoms with Crippen molar-refractivity contribution in [3.8, 4) is 0 Å². The van der Waals surface area contributed by atoms with Crippen LogP contribution in [0.4, 0.5) is 5.69 Å². The van der Waals surface area contributed by atoms with E-state index < -0.39 is 28.0 Å².